The van der Waals surface area contributed by atoms with Crippen molar-refractivity contribution in [2.45, 2.75) is 0 Å². The molecule has 0 spiro atoms. The van der Waals surface area contributed by atoms with Crippen LogP contribution in [0.3, 0.4) is 0 Å². The van der Waals surface area contributed by atoms with Gasteiger partial charge in [0, 0.05) is 26.7 Å². The lowest BCUT2D eigenvalue weighted by Crippen LogP contribution is -2.28. The van der Waals surface area contributed by atoms with Crippen LogP contribution in [0.1, 0.15) is 0 Å². The molecule has 0 aliphatic heterocycles. The first kappa shape index (κ1) is 14.5. The fourth-order valence-electron chi connectivity index (χ4n) is 1.43. The number of nitrogens with zero attached hydrogens (tertiary/aromatic N) is 2. The summed E-state index contributed by atoms with van der Waals surface area (Å²) in [6, 6.07) is 0. The SMILES string of the molecule is COCCN(C)CCNc1nc[nH]c(=O)c1OC. The van der Waals surface area contributed by atoms with Gasteiger partial charge in [-0.05, 0) is 7.05 Å². The summed E-state index contributed by atoms with van der Waals surface area (Å²) in [5.74, 6) is 0.665. The van der Waals surface area contributed by atoms with E-state index in [1.54, 1.807) is 7.11 Å². The molecule has 102 valence electrons. The Hall–Kier alpha value is -1.60. The summed E-state index contributed by atoms with van der Waals surface area (Å²) in [6.45, 7) is 3.05. The molecule has 1 heterocycles. The molecule has 0 amide bonds. The summed E-state index contributed by atoms with van der Waals surface area (Å²) in [5.41, 5.74) is -0.289. The Morgan fingerprint density at radius 1 is 1.44 bits per heavy atom. The van der Waals surface area contributed by atoms with Crippen LogP contribution >= 0.6 is 0 Å². The van der Waals surface area contributed by atoms with E-state index >= 15 is 0 Å². The monoisotopic (exact) mass is 256 g/mol. The highest BCUT2D eigenvalue weighted by Gasteiger charge is 2.08. The molecule has 0 radical (unpaired) electrons. The highest BCUT2D eigenvalue weighted by molar-refractivity contribution is 5.47. The Morgan fingerprint density at radius 2 is 2.22 bits per heavy atom. The van der Waals surface area contributed by atoms with Gasteiger partial charge >= 0.3 is 0 Å². The Labute approximate surface area is 106 Å². The standard InChI is InChI=1S/C11H20N4O3/c1-15(6-7-17-2)5-4-12-10-9(18-3)11(16)14-8-13-10/h8H,4-7H2,1-3H3,(H2,12,13,14,16). The second kappa shape index (κ2) is 7.67. The molecule has 0 atom stereocenters. The molecule has 0 bridgehead atoms. The summed E-state index contributed by atoms with van der Waals surface area (Å²) in [5, 5.41) is 3.07. The van der Waals surface area contributed by atoms with Crippen LogP contribution < -0.4 is 15.6 Å². The lowest BCUT2D eigenvalue weighted by molar-refractivity contribution is 0.163. The minimum atomic E-state index is -0.289. The van der Waals surface area contributed by atoms with E-state index in [0.29, 0.717) is 19.0 Å². The number of anilines is 1. The smallest absolute Gasteiger partial charge is 0.295 e. The van der Waals surface area contributed by atoms with Crippen molar-refractivity contribution in [3.8, 4) is 5.75 Å². The third-order valence-electron chi connectivity index (χ3n) is 2.48. The van der Waals surface area contributed by atoms with Gasteiger partial charge in [0.15, 0.2) is 5.82 Å². The first-order chi connectivity index (χ1) is 8.69. The number of hydrogen-bond acceptors (Lipinski definition) is 6. The van der Waals surface area contributed by atoms with Crippen molar-refractivity contribution >= 4 is 5.82 Å². The molecular weight excluding hydrogens is 236 g/mol. The highest BCUT2D eigenvalue weighted by Crippen LogP contribution is 2.13. The maximum absolute atomic E-state index is 11.4. The van der Waals surface area contributed by atoms with Crippen LogP contribution in [0, 0.1) is 0 Å². The molecule has 1 aromatic heterocycles. The average molecular weight is 256 g/mol. The molecule has 0 aliphatic rings. The Morgan fingerprint density at radius 3 is 2.89 bits per heavy atom. The molecule has 1 rings (SSSR count). The Kier molecular flexibility index (Phi) is 6.16. The summed E-state index contributed by atoms with van der Waals surface area (Å²) in [7, 11) is 5.13. The van der Waals surface area contributed by atoms with Crippen LogP contribution in [-0.2, 0) is 4.74 Å². The van der Waals surface area contributed by atoms with Gasteiger partial charge in [-0.25, -0.2) is 4.98 Å². The van der Waals surface area contributed by atoms with Gasteiger partial charge in [-0.1, -0.05) is 0 Å². The van der Waals surface area contributed by atoms with E-state index in [4.69, 9.17) is 9.47 Å². The largest absolute Gasteiger partial charge is 0.489 e. The predicted octanol–water partition coefficient (Wildman–Crippen LogP) is -0.231. The number of ether oxygens (including phenoxy) is 2. The number of rotatable bonds is 8. The second-order valence-electron chi connectivity index (χ2n) is 3.84. The van der Waals surface area contributed by atoms with E-state index < -0.39 is 0 Å². The number of aromatic amines is 1. The number of nitrogens with one attached hydrogen (secondary N) is 2. The van der Waals surface area contributed by atoms with Gasteiger partial charge in [0.25, 0.3) is 5.56 Å². The van der Waals surface area contributed by atoms with Gasteiger partial charge < -0.3 is 24.7 Å². The lowest BCUT2D eigenvalue weighted by Gasteiger charge is -2.16. The average Bonchev–Trinajstić information content (AvgIpc) is 2.36. The maximum atomic E-state index is 11.4. The fraction of sp³-hybridized carbons (Fsp3) is 0.636. The molecule has 18 heavy (non-hydrogen) atoms. The van der Waals surface area contributed by atoms with Crippen molar-refractivity contribution < 1.29 is 9.47 Å². The number of aromatic nitrogens is 2. The van der Waals surface area contributed by atoms with Gasteiger partial charge in [0.2, 0.25) is 5.75 Å². The minimum absolute atomic E-state index is 0.206. The molecule has 0 saturated carbocycles. The van der Waals surface area contributed by atoms with Gasteiger partial charge in [-0.15, -0.1) is 0 Å². The van der Waals surface area contributed by atoms with E-state index in [-0.39, 0.29) is 11.3 Å². The third kappa shape index (κ3) is 4.34. The zero-order valence-corrected chi connectivity index (χ0v) is 11.0. The molecule has 7 nitrogen and oxygen atoms in total. The number of hydrogen-bond donors (Lipinski definition) is 2. The maximum Gasteiger partial charge on any atom is 0.295 e. The van der Waals surface area contributed by atoms with Crippen LogP contribution in [0.4, 0.5) is 5.82 Å². The van der Waals surface area contributed by atoms with Crippen LogP contribution in [0.25, 0.3) is 0 Å². The highest BCUT2D eigenvalue weighted by atomic mass is 16.5. The van der Waals surface area contributed by atoms with Gasteiger partial charge in [-0.2, -0.15) is 0 Å². The van der Waals surface area contributed by atoms with Crippen LogP contribution in [0.15, 0.2) is 11.1 Å². The third-order valence-corrected chi connectivity index (χ3v) is 2.48. The van der Waals surface area contributed by atoms with Crippen LogP contribution in [0.5, 0.6) is 5.75 Å². The summed E-state index contributed by atoms with van der Waals surface area (Å²) >= 11 is 0. The normalized spacial score (nSPS) is 10.7. The zero-order chi connectivity index (χ0) is 13.4. The summed E-state index contributed by atoms with van der Waals surface area (Å²) in [4.78, 5) is 20.0. The van der Waals surface area contributed by atoms with Crippen molar-refractivity contribution in [1.29, 1.82) is 0 Å². The minimum Gasteiger partial charge on any atom is -0.489 e. The van der Waals surface area contributed by atoms with Crippen LogP contribution in [0.2, 0.25) is 0 Å². The van der Waals surface area contributed by atoms with E-state index in [2.05, 4.69) is 20.2 Å². The van der Waals surface area contributed by atoms with Crippen molar-refractivity contribution in [2.75, 3.05) is 52.8 Å². The Bertz CT molecular complexity index is 408. The molecule has 0 unspecified atom stereocenters. The molecule has 7 heteroatoms. The van der Waals surface area contributed by atoms with Gasteiger partial charge in [0.1, 0.15) is 0 Å². The van der Waals surface area contributed by atoms with Crippen molar-refractivity contribution in [3.63, 3.8) is 0 Å². The van der Waals surface area contributed by atoms with E-state index in [9.17, 15) is 4.79 Å². The molecular formula is C11H20N4O3. The molecule has 1 aromatic rings. The lowest BCUT2D eigenvalue weighted by atomic mass is 10.4. The fourth-order valence-corrected chi connectivity index (χ4v) is 1.43. The van der Waals surface area contributed by atoms with E-state index in [1.807, 2.05) is 7.05 Å². The number of H-pyrrole nitrogens is 1. The van der Waals surface area contributed by atoms with Crippen molar-refractivity contribution in [3.05, 3.63) is 16.7 Å². The first-order valence-electron chi connectivity index (χ1n) is 5.72. The molecule has 0 saturated heterocycles. The first-order valence-corrected chi connectivity index (χ1v) is 5.72. The van der Waals surface area contributed by atoms with Gasteiger partial charge in [0.05, 0.1) is 20.0 Å². The molecule has 0 aromatic carbocycles. The second-order valence-corrected chi connectivity index (χ2v) is 3.84. The Balaban J connectivity index is 2.44. The number of methoxy groups -OCH3 is 2. The van der Waals surface area contributed by atoms with E-state index in [0.717, 1.165) is 13.1 Å². The van der Waals surface area contributed by atoms with Crippen molar-refractivity contribution in [1.82, 2.24) is 14.9 Å². The van der Waals surface area contributed by atoms with Crippen molar-refractivity contribution in [2.24, 2.45) is 0 Å². The summed E-state index contributed by atoms with van der Waals surface area (Å²) in [6.07, 6.45) is 1.35. The molecule has 2 N–H and O–H groups in total. The number of likely N-dealkylation sites (N-methyl/N-ethyl adjacent to an activating group) is 1. The zero-order valence-electron chi connectivity index (χ0n) is 11.0. The predicted molar refractivity (Wildman–Crippen MR) is 69.3 cm³/mol. The van der Waals surface area contributed by atoms with Gasteiger partial charge in [-0.3, -0.25) is 4.79 Å². The molecule has 0 fully saturated rings. The quantitative estimate of drug-likeness (QED) is 0.669. The topological polar surface area (TPSA) is 79.5 Å². The van der Waals surface area contributed by atoms with Crippen LogP contribution in [-0.4, -0.2) is 62.4 Å². The molecule has 0 aliphatic carbocycles. The summed E-state index contributed by atoms with van der Waals surface area (Å²) < 4.78 is 9.99. The van der Waals surface area contributed by atoms with E-state index in [1.165, 1.54) is 13.4 Å².